The molecule has 0 saturated heterocycles. The van der Waals surface area contributed by atoms with E-state index in [1.165, 1.54) is 0 Å². The van der Waals surface area contributed by atoms with Gasteiger partial charge in [-0.2, -0.15) is 4.98 Å². The van der Waals surface area contributed by atoms with Gasteiger partial charge in [0.15, 0.2) is 5.65 Å². The first kappa shape index (κ1) is 14.8. The van der Waals surface area contributed by atoms with Crippen LogP contribution in [0.3, 0.4) is 0 Å². The van der Waals surface area contributed by atoms with Gasteiger partial charge in [0.2, 0.25) is 5.88 Å². The van der Waals surface area contributed by atoms with Crippen molar-refractivity contribution in [3.8, 4) is 11.6 Å². The van der Waals surface area contributed by atoms with Crippen molar-refractivity contribution in [1.29, 1.82) is 0 Å². The minimum absolute atomic E-state index is 0.284. The van der Waals surface area contributed by atoms with Crippen LogP contribution in [-0.4, -0.2) is 21.6 Å². The fourth-order valence-corrected chi connectivity index (χ4v) is 3.66. The van der Waals surface area contributed by atoms with Crippen molar-refractivity contribution in [3.63, 3.8) is 0 Å². The lowest BCUT2D eigenvalue weighted by Gasteiger charge is -2.12. The zero-order valence-corrected chi connectivity index (χ0v) is 14.9. The number of alkyl halides is 1. The maximum atomic E-state index is 6.06. The highest BCUT2D eigenvalue weighted by Crippen LogP contribution is 2.33. The van der Waals surface area contributed by atoms with Crippen LogP contribution >= 0.6 is 43.5 Å². The van der Waals surface area contributed by atoms with Crippen LogP contribution in [0.5, 0.6) is 5.88 Å². The van der Waals surface area contributed by atoms with Crippen LogP contribution in [-0.2, 0) is 5.88 Å². The summed E-state index contributed by atoms with van der Waals surface area (Å²) in [4.78, 5) is 9.04. The van der Waals surface area contributed by atoms with Crippen molar-refractivity contribution < 1.29 is 4.74 Å². The van der Waals surface area contributed by atoms with E-state index in [2.05, 4.69) is 41.8 Å². The van der Waals surface area contributed by atoms with E-state index in [1.54, 1.807) is 13.2 Å². The third-order valence-electron chi connectivity index (χ3n) is 3.04. The lowest BCUT2D eigenvalue weighted by atomic mass is 10.3. The van der Waals surface area contributed by atoms with Gasteiger partial charge in [-0.3, -0.25) is 4.57 Å². The predicted octanol–water partition coefficient (Wildman–Crippen LogP) is 4.69. The molecular formula is C14H10Br2ClN3O. The second kappa shape index (κ2) is 5.94. The van der Waals surface area contributed by atoms with Crippen molar-refractivity contribution in [2.24, 2.45) is 0 Å². The van der Waals surface area contributed by atoms with E-state index in [9.17, 15) is 0 Å². The highest BCUT2D eigenvalue weighted by Gasteiger charge is 2.17. The van der Waals surface area contributed by atoms with E-state index in [0.717, 1.165) is 26.0 Å². The first-order chi connectivity index (χ1) is 10.2. The van der Waals surface area contributed by atoms with Crippen LogP contribution in [0, 0.1) is 0 Å². The standard InChI is InChI=1S/C14H10Br2ClN3O/c1-21-12-6-5-10-14(19-12)20(11(7-17)18-10)13-8(15)3-2-4-9(13)16/h2-6H,7H2,1H3. The maximum Gasteiger partial charge on any atom is 0.215 e. The number of para-hydroxylation sites is 1. The molecule has 1 aromatic carbocycles. The molecule has 3 rings (SSSR count). The number of aromatic nitrogens is 3. The SMILES string of the molecule is COc1ccc2nc(CCl)n(-c3c(Br)cccc3Br)c2n1. The zero-order chi connectivity index (χ0) is 15.0. The van der Waals surface area contributed by atoms with Crippen molar-refractivity contribution >= 4 is 54.6 Å². The van der Waals surface area contributed by atoms with E-state index in [4.69, 9.17) is 16.3 Å². The Kier molecular flexibility index (Phi) is 4.19. The van der Waals surface area contributed by atoms with Gasteiger partial charge in [-0.15, -0.1) is 11.6 Å². The molecule has 2 aromatic heterocycles. The highest BCUT2D eigenvalue weighted by molar-refractivity contribution is 9.11. The van der Waals surface area contributed by atoms with Gasteiger partial charge in [-0.05, 0) is 50.1 Å². The van der Waals surface area contributed by atoms with Gasteiger partial charge in [-0.25, -0.2) is 4.98 Å². The van der Waals surface area contributed by atoms with Gasteiger partial charge in [0.25, 0.3) is 0 Å². The molecule has 0 amide bonds. The third kappa shape index (κ3) is 2.56. The predicted molar refractivity (Wildman–Crippen MR) is 90.4 cm³/mol. The Balaban J connectivity index is 2.39. The van der Waals surface area contributed by atoms with E-state index in [1.807, 2.05) is 28.8 Å². The molecule has 0 N–H and O–H groups in total. The summed E-state index contributed by atoms with van der Waals surface area (Å²) in [5.41, 5.74) is 2.39. The molecule has 0 fully saturated rings. The Bertz CT molecular complexity index is 799. The number of imidazole rings is 1. The number of rotatable bonds is 3. The maximum absolute atomic E-state index is 6.06. The van der Waals surface area contributed by atoms with Crippen LogP contribution in [0.4, 0.5) is 0 Å². The minimum Gasteiger partial charge on any atom is -0.481 e. The molecule has 0 aliphatic rings. The number of benzene rings is 1. The summed E-state index contributed by atoms with van der Waals surface area (Å²) in [6, 6.07) is 9.53. The van der Waals surface area contributed by atoms with Crippen molar-refractivity contribution in [3.05, 3.63) is 45.1 Å². The zero-order valence-electron chi connectivity index (χ0n) is 11.0. The smallest absolute Gasteiger partial charge is 0.215 e. The first-order valence-electron chi connectivity index (χ1n) is 6.08. The largest absolute Gasteiger partial charge is 0.481 e. The number of ether oxygens (including phenoxy) is 1. The lowest BCUT2D eigenvalue weighted by molar-refractivity contribution is 0.399. The Hall–Kier alpha value is -1.11. The first-order valence-corrected chi connectivity index (χ1v) is 8.20. The van der Waals surface area contributed by atoms with E-state index in [0.29, 0.717) is 11.5 Å². The summed E-state index contributed by atoms with van der Waals surface area (Å²) in [6.07, 6.45) is 0. The van der Waals surface area contributed by atoms with Gasteiger partial charge in [0.05, 0.1) is 18.7 Å². The number of methoxy groups -OCH3 is 1. The molecule has 108 valence electrons. The highest BCUT2D eigenvalue weighted by atomic mass is 79.9. The van der Waals surface area contributed by atoms with Crippen molar-refractivity contribution in [2.45, 2.75) is 5.88 Å². The average molecular weight is 432 g/mol. The summed E-state index contributed by atoms with van der Waals surface area (Å²) in [5, 5.41) is 0. The van der Waals surface area contributed by atoms with Gasteiger partial charge >= 0.3 is 0 Å². The fourth-order valence-electron chi connectivity index (χ4n) is 2.13. The summed E-state index contributed by atoms with van der Waals surface area (Å²) in [5.74, 6) is 1.54. The lowest BCUT2D eigenvalue weighted by Crippen LogP contribution is -2.02. The second-order valence-corrected chi connectivity index (χ2v) is 6.24. The Labute approximate surface area is 143 Å². The van der Waals surface area contributed by atoms with Crippen LogP contribution in [0.15, 0.2) is 39.3 Å². The number of nitrogens with zero attached hydrogens (tertiary/aromatic N) is 3. The number of pyridine rings is 1. The molecule has 2 heterocycles. The minimum atomic E-state index is 0.284. The molecule has 21 heavy (non-hydrogen) atoms. The van der Waals surface area contributed by atoms with Crippen LogP contribution < -0.4 is 4.74 Å². The molecule has 0 unspecified atom stereocenters. The Morgan fingerprint density at radius 1 is 1.14 bits per heavy atom. The molecule has 0 atom stereocenters. The molecule has 0 radical (unpaired) electrons. The Morgan fingerprint density at radius 3 is 2.48 bits per heavy atom. The topological polar surface area (TPSA) is 39.9 Å². The van der Waals surface area contributed by atoms with E-state index in [-0.39, 0.29) is 5.88 Å². The average Bonchev–Trinajstić information content (AvgIpc) is 2.85. The number of hydrogen-bond acceptors (Lipinski definition) is 3. The number of halogens is 3. The molecule has 7 heteroatoms. The summed E-state index contributed by atoms with van der Waals surface area (Å²) in [7, 11) is 1.59. The van der Waals surface area contributed by atoms with E-state index >= 15 is 0 Å². The summed E-state index contributed by atoms with van der Waals surface area (Å²) in [6.45, 7) is 0. The third-order valence-corrected chi connectivity index (χ3v) is 4.56. The fraction of sp³-hybridized carbons (Fsp3) is 0.143. The van der Waals surface area contributed by atoms with Gasteiger partial charge in [0.1, 0.15) is 11.3 Å². The van der Waals surface area contributed by atoms with Gasteiger partial charge in [0, 0.05) is 15.0 Å². The Morgan fingerprint density at radius 2 is 1.86 bits per heavy atom. The van der Waals surface area contributed by atoms with Gasteiger partial charge < -0.3 is 4.74 Å². The molecule has 0 saturated carbocycles. The molecule has 0 aliphatic heterocycles. The molecule has 0 bridgehead atoms. The number of hydrogen-bond donors (Lipinski definition) is 0. The van der Waals surface area contributed by atoms with Crippen LogP contribution in [0.2, 0.25) is 0 Å². The van der Waals surface area contributed by atoms with Crippen molar-refractivity contribution in [1.82, 2.24) is 14.5 Å². The molecule has 4 nitrogen and oxygen atoms in total. The van der Waals surface area contributed by atoms with Crippen LogP contribution in [0.25, 0.3) is 16.9 Å². The summed E-state index contributed by atoms with van der Waals surface area (Å²) >= 11 is 13.2. The molecule has 0 spiro atoms. The molecular weight excluding hydrogens is 421 g/mol. The second-order valence-electron chi connectivity index (χ2n) is 4.26. The normalized spacial score (nSPS) is 11.0. The monoisotopic (exact) mass is 429 g/mol. The van der Waals surface area contributed by atoms with E-state index < -0.39 is 0 Å². The summed E-state index contributed by atoms with van der Waals surface area (Å²) < 4.78 is 8.98. The quantitative estimate of drug-likeness (QED) is 0.565. The van der Waals surface area contributed by atoms with Gasteiger partial charge in [-0.1, -0.05) is 6.07 Å². The van der Waals surface area contributed by atoms with Crippen molar-refractivity contribution in [2.75, 3.05) is 7.11 Å². The van der Waals surface area contributed by atoms with Crippen LogP contribution in [0.1, 0.15) is 5.82 Å². The molecule has 0 aliphatic carbocycles. The molecule has 3 aromatic rings. The number of fused-ring (bicyclic) bond motifs is 1.